The average Bonchev–Trinajstić information content (AvgIpc) is 2.83. The molecule has 6 nitrogen and oxygen atoms in total. The Labute approximate surface area is 213 Å². The van der Waals surface area contributed by atoms with Crippen LogP contribution >= 0.6 is 31.9 Å². The molecule has 0 aromatic heterocycles. The maximum atomic E-state index is 12.3. The summed E-state index contributed by atoms with van der Waals surface area (Å²) in [6.45, 7) is 0.410. The molecule has 4 aromatic carbocycles. The van der Waals surface area contributed by atoms with Crippen molar-refractivity contribution in [3.63, 3.8) is 0 Å². The Bertz CT molecular complexity index is 1360. The van der Waals surface area contributed by atoms with Crippen LogP contribution in [0.1, 0.15) is 21.5 Å². The fraction of sp³-hybridized carbons (Fsp3) is 0.0769. The van der Waals surface area contributed by atoms with E-state index in [0.717, 1.165) is 25.5 Å². The van der Waals surface area contributed by atoms with Gasteiger partial charge in [0, 0.05) is 6.07 Å². The molecule has 0 unspecified atom stereocenters. The number of halogens is 2. The Morgan fingerprint density at radius 1 is 1.03 bits per heavy atom. The number of amides is 1. The average molecular weight is 584 g/mol. The van der Waals surface area contributed by atoms with Crippen LogP contribution in [0.2, 0.25) is 0 Å². The molecule has 172 valence electrons. The first-order chi connectivity index (χ1) is 16.5. The van der Waals surface area contributed by atoms with E-state index in [0.29, 0.717) is 18.1 Å². The van der Waals surface area contributed by atoms with Crippen LogP contribution < -0.4 is 14.9 Å². The number of benzene rings is 4. The third-order valence-electron chi connectivity index (χ3n) is 5.10. The van der Waals surface area contributed by atoms with Crippen LogP contribution in [0.25, 0.3) is 10.8 Å². The first-order valence-corrected chi connectivity index (χ1v) is 11.8. The summed E-state index contributed by atoms with van der Waals surface area (Å²) in [7, 11) is 1.48. The second-order valence-corrected chi connectivity index (χ2v) is 9.03. The second-order valence-electron chi connectivity index (χ2n) is 7.32. The molecule has 4 rings (SSSR count). The molecule has 4 aromatic rings. The number of rotatable bonds is 7. The van der Waals surface area contributed by atoms with E-state index in [-0.39, 0.29) is 11.3 Å². The van der Waals surface area contributed by atoms with Gasteiger partial charge in [-0.05, 0) is 78.0 Å². The Hall–Kier alpha value is -3.36. The molecule has 0 saturated carbocycles. The van der Waals surface area contributed by atoms with Crippen LogP contribution in [0, 0.1) is 0 Å². The SMILES string of the molecule is COc1ccc(C(=O)N/N=C\c2cc(Br)c(OCc3cccc4ccccc34)c(Br)c2)c(O)c1. The Morgan fingerprint density at radius 2 is 1.76 bits per heavy atom. The molecule has 8 heteroatoms. The number of fused-ring (bicyclic) bond motifs is 1. The zero-order valence-electron chi connectivity index (χ0n) is 18.1. The van der Waals surface area contributed by atoms with Crippen molar-refractivity contribution in [1.82, 2.24) is 5.43 Å². The molecular weight excluding hydrogens is 564 g/mol. The zero-order valence-corrected chi connectivity index (χ0v) is 21.3. The molecule has 0 spiro atoms. The molecule has 0 saturated heterocycles. The van der Waals surface area contributed by atoms with Crippen LogP contribution in [-0.2, 0) is 6.61 Å². The van der Waals surface area contributed by atoms with Crippen molar-refractivity contribution in [2.24, 2.45) is 5.10 Å². The minimum atomic E-state index is -0.537. The molecule has 0 bridgehead atoms. The van der Waals surface area contributed by atoms with Crippen molar-refractivity contribution >= 4 is 54.8 Å². The van der Waals surface area contributed by atoms with Gasteiger partial charge in [-0.1, -0.05) is 42.5 Å². The van der Waals surface area contributed by atoms with Crippen LogP contribution in [0.15, 0.2) is 86.8 Å². The normalized spacial score (nSPS) is 11.0. The number of hydrazone groups is 1. The number of carbonyl (C=O) groups excluding carboxylic acids is 1. The van der Waals surface area contributed by atoms with Gasteiger partial charge in [0.05, 0.1) is 27.8 Å². The number of carbonyl (C=O) groups is 1. The fourth-order valence-corrected chi connectivity index (χ4v) is 4.87. The molecule has 34 heavy (non-hydrogen) atoms. The van der Waals surface area contributed by atoms with E-state index in [1.807, 2.05) is 30.3 Å². The Morgan fingerprint density at radius 3 is 2.50 bits per heavy atom. The van der Waals surface area contributed by atoms with E-state index in [9.17, 15) is 9.90 Å². The molecular formula is C26H20Br2N2O4. The number of nitrogens with zero attached hydrogens (tertiary/aromatic N) is 1. The topological polar surface area (TPSA) is 80.2 Å². The maximum Gasteiger partial charge on any atom is 0.275 e. The molecule has 1 amide bonds. The molecule has 0 aliphatic rings. The first-order valence-electron chi connectivity index (χ1n) is 10.2. The fourth-order valence-electron chi connectivity index (χ4n) is 3.42. The predicted molar refractivity (Wildman–Crippen MR) is 140 cm³/mol. The summed E-state index contributed by atoms with van der Waals surface area (Å²) >= 11 is 7.11. The van der Waals surface area contributed by atoms with Gasteiger partial charge in [0.15, 0.2) is 0 Å². The monoisotopic (exact) mass is 582 g/mol. The summed E-state index contributed by atoms with van der Waals surface area (Å²) in [6, 6.07) is 22.4. The highest BCUT2D eigenvalue weighted by atomic mass is 79.9. The molecule has 0 heterocycles. The van der Waals surface area contributed by atoms with Crippen LogP contribution in [0.4, 0.5) is 0 Å². The van der Waals surface area contributed by atoms with E-state index in [1.54, 1.807) is 6.07 Å². The van der Waals surface area contributed by atoms with Gasteiger partial charge in [-0.15, -0.1) is 0 Å². The van der Waals surface area contributed by atoms with Crippen molar-refractivity contribution in [3.8, 4) is 17.2 Å². The quantitative estimate of drug-likeness (QED) is 0.194. The molecule has 0 atom stereocenters. The van der Waals surface area contributed by atoms with Crippen molar-refractivity contribution in [2.75, 3.05) is 7.11 Å². The van der Waals surface area contributed by atoms with Crippen molar-refractivity contribution in [2.45, 2.75) is 6.61 Å². The third kappa shape index (κ3) is 5.40. The molecule has 0 aliphatic carbocycles. The van der Waals surface area contributed by atoms with Gasteiger partial charge in [-0.2, -0.15) is 5.10 Å². The number of nitrogens with one attached hydrogen (secondary N) is 1. The summed E-state index contributed by atoms with van der Waals surface area (Å²) in [5.41, 5.74) is 4.33. The summed E-state index contributed by atoms with van der Waals surface area (Å²) < 4.78 is 12.6. The lowest BCUT2D eigenvalue weighted by atomic mass is 10.1. The number of ether oxygens (including phenoxy) is 2. The van der Waals surface area contributed by atoms with E-state index in [2.05, 4.69) is 66.7 Å². The zero-order chi connectivity index (χ0) is 24.1. The van der Waals surface area contributed by atoms with Gasteiger partial charge in [-0.25, -0.2) is 5.43 Å². The Kier molecular flexibility index (Phi) is 7.49. The van der Waals surface area contributed by atoms with E-state index in [1.165, 1.54) is 30.8 Å². The number of methoxy groups -OCH3 is 1. The number of phenols is 1. The summed E-state index contributed by atoms with van der Waals surface area (Å²) in [4.78, 5) is 12.3. The highest BCUT2D eigenvalue weighted by Crippen LogP contribution is 2.35. The summed E-state index contributed by atoms with van der Waals surface area (Å²) in [6.07, 6.45) is 1.50. The predicted octanol–water partition coefficient (Wildman–Crippen LogP) is 6.42. The first kappa shape index (κ1) is 23.8. The van der Waals surface area contributed by atoms with Crippen molar-refractivity contribution in [1.29, 1.82) is 0 Å². The molecule has 0 aliphatic heterocycles. The lowest BCUT2D eigenvalue weighted by Gasteiger charge is -2.13. The summed E-state index contributed by atoms with van der Waals surface area (Å²) in [5.74, 6) is 0.391. The summed E-state index contributed by atoms with van der Waals surface area (Å²) in [5, 5.41) is 16.3. The van der Waals surface area contributed by atoms with Crippen LogP contribution in [-0.4, -0.2) is 24.3 Å². The maximum absolute atomic E-state index is 12.3. The Balaban J connectivity index is 1.44. The standard InChI is InChI=1S/C26H20Br2N2O4/c1-33-19-9-10-21(24(31)13-19)26(32)30-29-14-16-11-22(27)25(23(28)12-16)34-15-18-7-4-6-17-5-2-3-8-20(17)18/h2-14,31H,15H2,1H3,(H,30,32)/b29-14-. The minimum absolute atomic E-state index is 0.0949. The highest BCUT2D eigenvalue weighted by Gasteiger charge is 2.12. The lowest BCUT2D eigenvalue weighted by Crippen LogP contribution is -2.17. The molecule has 0 radical (unpaired) electrons. The number of phenolic OH excluding ortho intramolecular Hbond substituents is 1. The van der Waals surface area contributed by atoms with Crippen LogP contribution in [0.3, 0.4) is 0 Å². The number of hydrogen-bond acceptors (Lipinski definition) is 5. The molecule has 0 fully saturated rings. The minimum Gasteiger partial charge on any atom is -0.507 e. The van der Waals surface area contributed by atoms with Gasteiger partial charge < -0.3 is 14.6 Å². The van der Waals surface area contributed by atoms with Gasteiger partial charge in [-0.3, -0.25) is 4.79 Å². The van der Waals surface area contributed by atoms with Crippen molar-refractivity contribution < 1.29 is 19.4 Å². The molecule has 2 N–H and O–H groups in total. The van der Waals surface area contributed by atoms with Gasteiger partial charge >= 0.3 is 0 Å². The van der Waals surface area contributed by atoms with Gasteiger partial charge in [0.1, 0.15) is 23.9 Å². The lowest BCUT2D eigenvalue weighted by molar-refractivity contribution is 0.0952. The number of hydrogen-bond donors (Lipinski definition) is 2. The third-order valence-corrected chi connectivity index (χ3v) is 6.28. The van der Waals surface area contributed by atoms with Crippen molar-refractivity contribution in [3.05, 3.63) is 98.4 Å². The van der Waals surface area contributed by atoms with Gasteiger partial charge in [0.25, 0.3) is 5.91 Å². The second kappa shape index (κ2) is 10.7. The highest BCUT2D eigenvalue weighted by molar-refractivity contribution is 9.11. The van der Waals surface area contributed by atoms with Crippen LogP contribution in [0.5, 0.6) is 17.2 Å². The van der Waals surface area contributed by atoms with E-state index < -0.39 is 5.91 Å². The van der Waals surface area contributed by atoms with Gasteiger partial charge in [0.2, 0.25) is 0 Å². The van der Waals surface area contributed by atoms with E-state index >= 15 is 0 Å². The number of aromatic hydroxyl groups is 1. The van der Waals surface area contributed by atoms with E-state index in [4.69, 9.17) is 9.47 Å². The smallest absolute Gasteiger partial charge is 0.275 e. The largest absolute Gasteiger partial charge is 0.507 e.